The summed E-state index contributed by atoms with van der Waals surface area (Å²) in [6.45, 7) is 7.88. The second kappa shape index (κ2) is 7.28. The maximum Gasteiger partial charge on any atom is 0.249 e. The minimum atomic E-state index is -0.253. The number of ether oxygens (including phenoxy) is 1. The number of piperidine rings is 1. The minimum absolute atomic E-state index is 0.0519. The molecule has 3 heterocycles. The van der Waals surface area contributed by atoms with Gasteiger partial charge in [0.15, 0.2) is 0 Å². The normalized spacial score (nSPS) is 24.9. The van der Waals surface area contributed by atoms with E-state index in [1.807, 2.05) is 25.4 Å². The zero-order chi connectivity index (χ0) is 16.3. The Balaban J connectivity index is 1.45. The first kappa shape index (κ1) is 16.9. The molecule has 2 saturated heterocycles. The van der Waals surface area contributed by atoms with E-state index in [1.165, 1.54) is 5.01 Å². The highest BCUT2D eigenvalue weighted by atomic mass is 32.1. The van der Waals surface area contributed by atoms with Crippen molar-refractivity contribution in [1.29, 1.82) is 0 Å². The zero-order valence-corrected chi connectivity index (χ0v) is 14.9. The maximum atomic E-state index is 12.1. The first-order valence-corrected chi connectivity index (χ1v) is 9.47. The summed E-state index contributed by atoms with van der Waals surface area (Å²) < 4.78 is 5.93. The van der Waals surface area contributed by atoms with Crippen molar-refractivity contribution in [2.24, 2.45) is 5.41 Å². The number of thiazole rings is 1. The van der Waals surface area contributed by atoms with E-state index in [1.54, 1.807) is 11.3 Å². The maximum absolute atomic E-state index is 12.1. The fourth-order valence-corrected chi connectivity index (χ4v) is 4.21. The number of carbonyl (C=O) groups excluding carboxylic acids is 1. The van der Waals surface area contributed by atoms with Gasteiger partial charge in [0.25, 0.3) is 0 Å². The SMILES string of the molecule is CC(C)NC(=O)C1CCC2(CCN(Cc3nccs3)CC2)CO1. The Morgan fingerprint density at radius 1 is 1.48 bits per heavy atom. The molecule has 2 fully saturated rings. The number of carbonyl (C=O) groups is 1. The average molecular weight is 337 g/mol. The number of amides is 1. The largest absolute Gasteiger partial charge is 0.368 e. The highest BCUT2D eigenvalue weighted by molar-refractivity contribution is 7.09. The second-order valence-corrected chi connectivity index (χ2v) is 8.18. The summed E-state index contributed by atoms with van der Waals surface area (Å²) in [6.07, 6.45) is 5.91. The van der Waals surface area contributed by atoms with Gasteiger partial charge in [0, 0.05) is 17.6 Å². The Labute approximate surface area is 142 Å². The first-order chi connectivity index (χ1) is 11.1. The van der Waals surface area contributed by atoms with Crippen molar-refractivity contribution in [1.82, 2.24) is 15.2 Å². The molecular formula is C17H27N3O2S. The highest BCUT2D eigenvalue weighted by Crippen LogP contribution is 2.40. The Morgan fingerprint density at radius 3 is 2.83 bits per heavy atom. The monoisotopic (exact) mass is 337 g/mol. The van der Waals surface area contributed by atoms with Crippen LogP contribution in [-0.4, -0.2) is 47.6 Å². The molecule has 1 unspecified atom stereocenters. The van der Waals surface area contributed by atoms with E-state index in [9.17, 15) is 4.79 Å². The van der Waals surface area contributed by atoms with E-state index in [0.717, 1.165) is 51.9 Å². The van der Waals surface area contributed by atoms with Crippen molar-refractivity contribution in [2.75, 3.05) is 19.7 Å². The Morgan fingerprint density at radius 2 is 2.26 bits per heavy atom. The predicted octanol–water partition coefficient (Wildman–Crippen LogP) is 2.43. The third-order valence-electron chi connectivity index (χ3n) is 5.01. The number of hydrogen-bond donors (Lipinski definition) is 1. The van der Waals surface area contributed by atoms with E-state index >= 15 is 0 Å². The Kier molecular flexibility index (Phi) is 5.34. The molecule has 0 bridgehead atoms. The molecule has 1 amide bonds. The van der Waals surface area contributed by atoms with Crippen LogP contribution < -0.4 is 5.32 Å². The van der Waals surface area contributed by atoms with Gasteiger partial charge in [-0.05, 0) is 58.0 Å². The van der Waals surface area contributed by atoms with E-state index in [4.69, 9.17) is 4.74 Å². The fraction of sp³-hybridized carbons (Fsp3) is 0.765. The molecule has 1 N–H and O–H groups in total. The van der Waals surface area contributed by atoms with Crippen molar-refractivity contribution in [3.8, 4) is 0 Å². The standard InChI is InChI=1S/C17H27N3O2S/c1-13(2)19-16(21)14-3-4-17(12-22-14)5-8-20(9-6-17)11-15-18-7-10-23-15/h7,10,13-14H,3-6,8-9,11-12H2,1-2H3,(H,19,21). The molecule has 6 heteroatoms. The van der Waals surface area contributed by atoms with Gasteiger partial charge < -0.3 is 10.1 Å². The van der Waals surface area contributed by atoms with Crippen LogP contribution in [0.3, 0.4) is 0 Å². The molecule has 0 saturated carbocycles. The van der Waals surface area contributed by atoms with Gasteiger partial charge in [-0.25, -0.2) is 4.98 Å². The van der Waals surface area contributed by atoms with Crippen LogP contribution in [0, 0.1) is 5.41 Å². The zero-order valence-electron chi connectivity index (χ0n) is 14.1. The number of nitrogens with one attached hydrogen (secondary N) is 1. The van der Waals surface area contributed by atoms with Gasteiger partial charge in [-0.1, -0.05) is 0 Å². The van der Waals surface area contributed by atoms with Crippen LogP contribution in [0.15, 0.2) is 11.6 Å². The summed E-state index contributed by atoms with van der Waals surface area (Å²) in [6, 6.07) is 0.177. The van der Waals surface area contributed by atoms with Crippen LogP contribution in [0.4, 0.5) is 0 Å². The number of likely N-dealkylation sites (tertiary alicyclic amines) is 1. The fourth-order valence-electron chi connectivity index (χ4n) is 3.56. The molecule has 1 aromatic heterocycles. The smallest absolute Gasteiger partial charge is 0.249 e. The summed E-state index contributed by atoms with van der Waals surface area (Å²) in [7, 11) is 0. The van der Waals surface area contributed by atoms with Crippen molar-refractivity contribution in [3.63, 3.8) is 0 Å². The van der Waals surface area contributed by atoms with E-state index in [-0.39, 0.29) is 23.5 Å². The van der Waals surface area contributed by atoms with Crippen molar-refractivity contribution < 1.29 is 9.53 Å². The summed E-state index contributed by atoms with van der Waals surface area (Å²) in [5.41, 5.74) is 0.286. The van der Waals surface area contributed by atoms with Crippen LogP contribution in [0.1, 0.15) is 44.5 Å². The molecule has 128 valence electrons. The number of aromatic nitrogens is 1. The summed E-state index contributed by atoms with van der Waals surface area (Å²) >= 11 is 1.73. The van der Waals surface area contributed by atoms with Crippen LogP contribution >= 0.6 is 11.3 Å². The lowest BCUT2D eigenvalue weighted by Crippen LogP contribution is -2.49. The van der Waals surface area contributed by atoms with Gasteiger partial charge in [0.1, 0.15) is 11.1 Å². The lowest BCUT2D eigenvalue weighted by atomic mass is 9.73. The molecule has 3 rings (SSSR count). The third kappa shape index (κ3) is 4.31. The molecule has 1 spiro atoms. The van der Waals surface area contributed by atoms with Gasteiger partial charge in [0.2, 0.25) is 5.91 Å². The molecule has 0 radical (unpaired) electrons. The van der Waals surface area contributed by atoms with E-state index in [2.05, 4.69) is 15.2 Å². The first-order valence-electron chi connectivity index (χ1n) is 8.59. The lowest BCUT2D eigenvalue weighted by Gasteiger charge is -2.45. The van der Waals surface area contributed by atoms with Crippen molar-refractivity contribution in [2.45, 2.75) is 58.2 Å². The van der Waals surface area contributed by atoms with Gasteiger partial charge in [-0.3, -0.25) is 9.69 Å². The van der Waals surface area contributed by atoms with Gasteiger partial charge in [-0.15, -0.1) is 11.3 Å². The Hall–Kier alpha value is -0.980. The molecule has 5 nitrogen and oxygen atoms in total. The van der Waals surface area contributed by atoms with E-state index in [0.29, 0.717) is 0 Å². The van der Waals surface area contributed by atoms with Gasteiger partial charge in [0.05, 0.1) is 13.2 Å². The Bertz CT molecular complexity index is 500. The van der Waals surface area contributed by atoms with Crippen LogP contribution in [0.2, 0.25) is 0 Å². The number of hydrogen-bond acceptors (Lipinski definition) is 5. The summed E-state index contributed by atoms with van der Waals surface area (Å²) in [5, 5.41) is 6.20. The van der Waals surface area contributed by atoms with Crippen LogP contribution in [0.5, 0.6) is 0 Å². The topological polar surface area (TPSA) is 54.5 Å². The molecule has 0 aliphatic carbocycles. The van der Waals surface area contributed by atoms with Crippen molar-refractivity contribution >= 4 is 17.2 Å². The highest BCUT2D eigenvalue weighted by Gasteiger charge is 2.40. The summed E-state index contributed by atoms with van der Waals surface area (Å²) in [4.78, 5) is 18.9. The predicted molar refractivity (Wildman–Crippen MR) is 91.3 cm³/mol. The minimum Gasteiger partial charge on any atom is -0.368 e. The van der Waals surface area contributed by atoms with Crippen molar-refractivity contribution in [3.05, 3.63) is 16.6 Å². The molecule has 2 aliphatic heterocycles. The number of nitrogens with zero attached hydrogens (tertiary/aromatic N) is 2. The van der Waals surface area contributed by atoms with Crippen LogP contribution in [-0.2, 0) is 16.1 Å². The van der Waals surface area contributed by atoms with Crippen LogP contribution in [0.25, 0.3) is 0 Å². The lowest BCUT2D eigenvalue weighted by molar-refractivity contribution is -0.145. The third-order valence-corrected chi connectivity index (χ3v) is 5.77. The van der Waals surface area contributed by atoms with Gasteiger partial charge >= 0.3 is 0 Å². The second-order valence-electron chi connectivity index (χ2n) is 7.20. The molecule has 0 aromatic carbocycles. The quantitative estimate of drug-likeness (QED) is 0.917. The molecule has 1 aromatic rings. The number of rotatable bonds is 4. The molecule has 2 aliphatic rings. The van der Waals surface area contributed by atoms with Gasteiger partial charge in [-0.2, -0.15) is 0 Å². The molecule has 23 heavy (non-hydrogen) atoms. The average Bonchev–Trinajstić information content (AvgIpc) is 3.03. The van der Waals surface area contributed by atoms with E-state index < -0.39 is 0 Å². The summed E-state index contributed by atoms with van der Waals surface area (Å²) in [5.74, 6) is 0.0519. The molecule has 1 atom stereocenters. The molecular weight excluding hydrogens is 310 g/mol.